The minimum Gasteiger partial charge on any atom is -0.395 e. The van der Waals surface area contributed by atoms with E-state index in [2.05, 4.69) is 25.9 Å². The van der Waals surface area contributed by atoms with Gasteiger partial charge in [0.1, 0.15) is 11.4 Å². The van der Waals surface area contributed by atoms with E-state index in [1.807, 2.05) is 68.4 Å². The fraction of sp³-hybridized carbons (Fsp3) is 0.292. The van der Waals surface area contributed by atoms with E-state index in [1.165, 1.54) is 13.2 Å². The molecule has 0 radical (unpaired) electrons. The zero-order chi connectivity index (χ0) is 23.1. The predicted molar refractivity (Wildman–Crippen MR) is 125 cm³/mol. The van der Waals surface area contributed by atoms with E-state index in [4.69, 9.17) is 0 Å². The second kappa shape index (κ2) is 10.2. The number of anilines is 3. The van der Waals surface area contributed by atoms with Gasteiger partial charge in [0.2, 0.25) is 5.95 Å². The maximum atomic E-state index is 12.2. The zero-order valence-corrected chi connectivity index (χ0v) is 18.5. The molecule has 3 aromatic rings. The zero-order valence-electron chi connectivity index (χ0n) is 18.5. The first-order chi connectivity index (χ1) is 15.3. The minimum absolute atomic E-state index is 0.0493. The molecule has 0 spiro atoms. The highest BCUT2D eigenvalue weighted by Gasteiger charge is 2.19. The van der Waals surface area contributed by atoms with Gasteiger partial charge in [-0.1, -0.05) is 56.3 Å². The van der Waals surface area contributed by atoms with Crippen LogP contribution in [0.4, 0.5) is 17.5 Å². The van der Waals surface area contributed by atoms with Crippen molar-refractivity contribution in [3.8, 4) is 0 Å². The van der Waals surface area contributed by atoms with Crippen molar-refractivity contribution in [1.29, 1.82) is 0 Å². The molecule has 0 fully saturated rings. The molecule has 1 amide bonds. The molecular formula is C24H29N5O3. The van der Waals surface area contributed by atoms with Gasteiger partial charge in [-0.05, 0) is 23.3 Å². The summed E-state index contributed by atoms with van der Waals surface area (Å²) in [4.78, 5) is 20.9. The van der Waals surface area contributed by atoms with Crippen LogP contribution in [0.25, 0.3) is 0 Å². The first-order valence-electron chi connectivity index (χ1n) is 10.4. The summed E-state index contributed by atoms with van der Waals surface area (Å²) in [5, 5.41) is 28.7. The van der Waals surface area contributed by atoms with Gasteiger partial charge in [0.25, 0.3) is 5.91 Å². The van der Waals surface area contributed by atoms with Crippen LogP contribution < -0.4 is 16.0 Å². The van der Waals surface area contributed by atoms with Crippen molar-refractivity contribution < 1.29 is 15.0 Å². The van der Waals surface area contributed by atoms with Gasteiger partial charge in [-0.3, -0.25) is 4.79 Å². The molecule has 1 aromatic heterocycles. The fourth-order valence-corrected chi connectivity index (χ4v) is 3.09. The number of hydrogen-bond donors (Lipinski definition) is 5. The Morgan fingerprint density at radius 2 is 1.78 bits per heavy atom. The average molecular weight is 436 g/mol. The summed E-state index contributed by atoms with van der Waals surface area (Å²) < 4.78 is 0. The Hall–Kier alpha value is -3.49. The van der Waals surface area contributed by atoms with Gasteiger partial charge in [0.15, 0.2) is 0 Å². The van der Waals surface area contributed by atoms with Crippen LogP contribution in [0.1, 0.15) is 41.4 Å². The number of amides is 1. The molecule has 8 nitrogen and oxygen atoms in total. The van der Waals surface area contributed by atoms with Crippen LogP contribution >= 0.6 is 0 Å². The molecule has 2 aromatic carbocycles. The number of aliphatic hydroxyl groups is 2. The van der Waals surface area contributed by atoms with Crippen molar-refractivity contribution in [2.24, 2.45) is 0 Å². The molecule has 0 aliphatic carbocycles. The quantitative estimate of drug-likeness (QED) is 0.350. The van der Waals surface area contributed by atoms with E-state index in [-0.39, 0.29) is 30.0 Å². The summed E-state index contributed by atoms with van der Waals surface area (Å²) in [6, 6.07) is 16.9. The topological polar surface area (TPSA) is 119 Å². The predicted octanol–water partition coefficient (Wildman–Crippen LogP) is 3.00. The molecular weight excluding hydrogens is 406 g/mol. The van der Waals surface area contributed by atoms with Gasteiger partial charge in [0.05, 0.1) is 12.7 Å². The highest BCUT2D eigenvalue weighted by atomic mass is 16.3. The number of hydrogen-bond acceptors (Lipinski definition) is 7. The van der Waals surface area contributed by atoms with Crippen molar-refractivity contribution >= 4 is 23.4 Å². The Balaban J connectivity index is 1.78. The second-order valence-electron chi connectivity index (χ2n) is 8.09. The van der Waals surface area contributed by atoms with E-state index in [0.29, 0.717) is 11.8 Å². The van der Waals surface area contributed by atoms with Crippen LogP contribution in [0.15, 0.2) is 60.8 Å². The van der Waals surface area contributed by atoms with Gasteiger partial charge in [-0.25, -0.2) is 4.98 Å². The van der Waals surface area contributed by atoms with Gasteiger partial charge < -0.3 is 26.2 Å². The number of nitrogens with zero attached hydrogens (tertiary/aromatic N) is 2. The maximum Gasteiger partial charge on any atom is 0.256 e. The summed E-state index contributed by atoms with van der Waals surface area (Å²) in [6.07, 6.45) is 0.678. The highest BCUT2D eigenvalue weighted by Crippen LogP contribution is 2.25. The lowest BCUT2D eigenvalue weighted by atomic mass is 9.86. The minimum atomic E-state index is -0.762. The molecule has 0 bridgehead atoms. The largest absolute Gasteiger partial charge is 0.395 e. The molecule has 1 heterocycles. The van der Waals surface area contributed by atoms with Crippen LogP contribution in [-0.4, -0.2) is 46.3 Å². The molecule has 0 saturated heterocycles. The Morgan fingerprint density at radius 1 is 1.09 bits per heavy atom. The number of nitrogens with one attached hydrogen (secondary N) is 3. The summed E-state index contributed by atoms with van der Waals surface area (Å²) in [5.74, 6) is 0.294. The standard InChI is InChI=1S/C24H29N5O3/c1-24(2,15-30)17-9-11-18(12-10-17)28-23-27-13-19(22(32)25-3)21(29-23)26-14-20(31)16-7-5-4-6-8-16/h4-13,20,30-31H,14-15H2,1-3H3,(H,25,32)(H2,26,27,28,29). The van der Waals surface area contributed by atoms with E-state index < -0.39 is 6.10 Å². The van der Waals surface area contributed by atoms with Crippen molar-refractivity contribution in [2.75, 3.05) is 30.8 Å². The fourth-order valence-electron chi connectivity index (χ4n) is 3.09. The third-order valence-electron chi connectivity index (χ3n) is 5.23. The first-order valence-corrected chi connectivity index (χ1v) is 10.4. The van der Waals surface area contributed by atoms with E-state index in [9.17, 15) is 15.0 Å². The molecule has 1 unspecified atom stereocenters. The lowest BCUT2D eigenvalue weighted by Crippen LogP contribution is -2.22. The van der Waals surface area contributed by atoms with E-state index in [0.717, 1.165) is 16.8 Å². The SMILES string of the molecule is CNC(=O)c1cnc(Nc2ccc(C(C)(C)CO)cc2)nc1NCC(O)c1ccccc1. The Morgan fingerprint density at radius 3 is 2.41 bits per heavy atom. The lowest BCUT2D eigenvalue weighted by molar-refractivity contribution is 0.0963. The summed E-state index contributed by atoms with van der Waals surface area (Å²) >= 11 is 0. The summed E-state index contributed by atoms with van der Waals surface area (Å²) in [5.41, 5.74) is 2.49. The van der Waals surface area contributed by atoms with Crippen molar-refractivity contribution in [2.45, 2.75) is 25.4 Å². The summed E-state index contributed by atoms with van der Waals surface area (Å²) in [7, 11) is 1.53. The van der Waals surface area contributed by atoms with Crippen LogP contribution in [0.5, 0.6) is 0 Å². The Bertz CT molecular complexity index is 1040. The van der Waals surface area contributed by atoms with Gasteiger partial charge in [-0.2, -0.15) is 4.98 Å². The number of rotatable bonds is 9. The number of carbonyl (C=O) groups is 1. The molecule has 3 rings (SSSR count). The second-order valence-corrected chi connectivity index (χ2v) is 8.09. The molecule has 0 aliphatic heterocycles. The Labute approximate surface area is 187 Å². The van der Waals surface area contributed by atoms with Crippen LogP contribution in [0.3, 0.4) is 0 Å². The normalized spacial score (nSPS) is 12.2. The number of aromatic nitrogens is 2. The van der Waals surface area contributed by atoms with E-state index in [1.54, 1.807) is 0 Å². The maximum absolute atomic E-state index is 12.2. The molecule has 0 saturated carbocycles. The third-order valence-corrected chi connectivity index (χ3v) is 5.23. The third kappa shape index (κ3) is 5.60. The number of benzene rings is 2. The number of carbonyl (C=O) groups excluding carboxylic acids is 1. The molecule has 168 valence electrons. The first kappa shape index (κ1) is 23.2. The summed E-state index contributed by atoms with van der Waals surface area (Å²) in [6.45, 7) is 4.17. The number of aliphatic hydroxyl groups excluding tert-OH is 2. The van der Waals surface area contributed by atoms with Gasteiger partial charge in [0, 0.05) is 30.9 Å². The van der Waals surface area contributed by atoms with Crippen LogP contribution in [0, 0.1) is 0 Å². The van der Waals surface area contributed by atoms with Crippen molar-refractivity contribution in [1.82, 2.24) is 15.3 Å². The van der Waals surface area contributed by atoms with Crippen molar-refractivity contribution in [3.05, 3.63) is 77.5 Å². The molecule has 0 aliphatic rings. The highest BCUT2D eigenvalue weighted by molar-refractivity contribution is 5.98. The van der Waals surface area contributed by atoms with Crippen molar-refractivity contribution in [3.63, 3.8) is 0 Å². The molecule has 5 N–H and O–H groups in total. The molecule has 32 heavy (non-hydrogen) atoms. The molecule has 1 atom stereocenters. The molecule has 8 heteroatoms. The van der Waals surface area contributed by atoms with Crippen LogP contribution in [-0.2, 0) is 5.41 Å². The average Bonchev–Trinajstić information content (AvgIpc) is 2.83. The Kier molecular flexibility index (Phi) is 7.40. The van der Waals surface area contributed by atoms with Crippen LogP contribution in [0.2, 0.25) is 0 Å². The van der Waals surface area contributed by atoms with Gasteiger partial charge >= 0.3 is 0 Å². The lowest BCUT2D eigenvalue weighted by Gasteiger charge is -2.22. The smallest absolute Gasteiger partial charge is 0.256 e. The monoisotopic (exact) mass is 435 g/mol. The van der Waals surface area contributed by atoms with E-state index >= 15 is 0 Å². The van der Waals surface area contributed by atoms with Gasteiger partial charge in [-0.15, -0.1) is 0 Å².